The van der Waals surface area contributed by atoms with Crippen molar-refractivity contribution in [3.63, 3.8) is 0 Å². The van der Waals surface area contributed by atoms with E-state index in [1.54, 1.807) is 0 Å². The Morgan fingerprint density at radius 1 is 1.10 bits per heavy atom. The average Bonchev–Trinajstić information content (AvgIpc) is 2.44. The molecule has 3 nitrogen and oxygen atoms in total. The molecule has 0 unspecified atom stereocenters. The number of nitrogens with one attached hydrogen (secondary N) is 1. The van der Waals surface area contributed by atoms with E-state index in [-0.39, 0.29) is 0 Å². The summed E-state index contributed by atoms with van der Waals surface area (Å²) in [7, 11) is 0. The third-order valence-electron chi connectivity index (χ3n) is 3.38. The van der Waals surface area contributed by atoms with Crippen LogP contribution in [0.3, 0.4) is 0 Å². The number of ether oxygens (including phenoxy) is 1. The summed E-state index contributed by atoms with van der Waals surface area (Å²) in [6, 6.07) is 8.92. The first-order valence-electron chi connectivity index (χ1n) is 8.18. The maximum atomic E-state index is 5.84. The highest BCUT2D eigenvalue weighted by Gasteiger charge is 2.05. The zero-order valence-electron chi connectivity index (χ0n) is 14.4. The summed E-state index contributed by atoms with van der Waals surface area (Å²) < 4.78 is 5.84. The summed E-state index contributed by atoms with van der Waals surface area (Å²) >= 11 is 0. The lowest BCUT2D eigenvalue weighted by molar-refractivity contribution is 0.200. The van der Waals surface area contributed by atoms with Gasteiger partial charge in [-0.15, -0.1) is 0 Å². The van der Waals surface area contributed by atoms with Crippen LogP contribution in [-0.2, 0) is 6.54 Å². The Hall–Kier alpha value is -1.06. The van der Waals surface area contributed by atoms with E-state index in [4.69, 9.17) is 4.74 Å². The minimum Gasteiger partial charge on any atom is -0.492 e. The molecule has 3 heteroatoms. The van der Waals surface area contributed by atoms with Gasteiger partial charge in [0.25, 0.3) is 0 Å². The van der Waals surface area contributed by atoms with Gasteiger partial charge >= 0.3 is 0 Å². The molecule has 21 heavy (non-hydrogen) atoms. The van der Waals surface area contributed by atoms with Gasteiger partial charge in [-0.05, 0) is 30.2 Å². The summed E-state index contributed by atoms with van der Waals surface area (Å²) in [6.45, 7) is 15.9. The molecule has 0 saturated carbocycles. The molecule has 0 radical (unpaired) electrons. The van der Waals surface area contributed by atoms with Crippen molar-refractivity contribution in [2.24, 2.45) is 5.92 Å². The van der Waals surface area contributed by atoms with Crippen molar-refractivity contribution in [3.05, 3.63) is 29.8 Å². The third-order valence-corrected chi connectivity index (χ3v) is 3.38. The Morgan fingerprint density at radius 2 is 1.76 bits per heavy atom. The lowest BCUT2D eigenvalue weighted by atomic mass is 10.2. The maximum Gasteiger partial charge on any atom is 0.119 e. The molecule has 1 aromatic carbocycles. The van der Waals surface area contributed by atoms with Gasteiger partial charge in [0.2, 0.25) is 0 Å². The van der Waals surface area contributed by atoms with Gasteiger partial charge in [0.15, 0.2) is 0 Å². The van der Waals surface area contributed by atoms with Gasteiger partial charge in [-0.1, -0.05) is 46.8 Å². The lowest BCUT2D eigenvalue weighted by Crippen LogP contribution is -2.31. The van der Waals surface area contributed by atoms with Crippen molar-refractivity contribution in [1.29, 1.82) is 0 Å². The van der Waals surface area contributed by atoms with E-state index in [1.807, 2.05) is 0 Å². The number of rotatable bonds is 10. The summed E-state index contributed by atoms with van der Waals surface area (Å²) in [4.78, 5) is 2.44. The fraction of sp³-hybridized carbons (Fsp3) is 0.667. The van der Waals surface area contributed by atoms with Crippen LogP contribution in [-0.4, -0.2) is 37.2 Å². The van der Waals surface area contributed by atoms with Gasteiger partial charge in [-0.3, -0.25) is 4.90 Å². The van der Waals surface area contributed by atoms with Crippen molar-refractivity contribution in [1.82, 2.24) is 10.2 Å². The molecule has 0 aromatic heterocycles. The number of hydrogen-bond acceptors (Lipinski definition) is 3. The van der Waals surface area contributed by atoms with Gasteiger partial charge in [0.05, 0.1) is 0 Å². The van der Waals surface area contributed by atoms with Crippen LogP contribution in [0.4, 0.5) is 0 Å². The van der Waals surface area contributed by atoms with E-state index in [9.17, 15) is 0 Å². The lowest BCUT2D eigenvalue weighted by Gasteiger charge is -2.22. The highest BCUT2D eigenvalue weighted by atomic mass is 16.5. The summed E-state index contributed by atoms with van der Waals surface area (Å²) in [5, 5.41) is 3.42. The topological polar surface area (TPSA) is 24.5 Å². The average molecular weight is 292 g/mol. The van der Waals surface area contributed by atoms with E-state index in [0.29, 0.717) is 12.0 Å². The molecule has 120 valence electrons. The Labute approximate surface area is 130 Å². The van der Waals surface area contributed by atoms with Gasteiger partial charge in [0, 0.05) is 25.7 Å². The fourth-order valence-corrected chi connectivity index (χ4v) is 2.21. The molecule has 1 rings (SSSR count). The molecule has 0 saturated heterocycles. The SMILES string of the molecule is CCN(CCOc1ccc(CNC(C)C)cc1)CC(C)C. The first kappa shape index (κ1) is 18.0. The molecule has 0 heterocycles. The molecule has 0 atom stereocenters. The van der Waals surface area contributed by atoms with Crippen molar-refractivity contribution < 1.29 is 4.74 Å². The molecule has 1 aromatic rings. The number of hydrogen-bond donors (Lipinski definition) is 1. The minimum atomic E-state index is 0.516. The van der Waals surface area contributed by atoms with Crippen LogP contribution in [0, 0.1) is 5.92 Å². The molecule has 0 bridgehead atoms. The molecule has 0 aliphatic heterocycles. The molecule has 1 N–H and O–H groups in total. The van der Waals surface area contributed by atoms with Crippen molar-refractivity contribution >= 4 is 0 Å². The van der Waals surface area contributed by atoms with Crippen molar-refractivity contribution in [2.75, 3.05) is 26.2 Å². The Balaban J connectivity index is 2.32. The first-order chi connectivity index (χ1) is 10.0. The quantitative estimate of drug-likeness (QED) is 0.714. The summed E-state index contributed by atoms with van der Waals surface area (Å²) in [5.74, 6) is 1.67. The smallest absolute Gasteiger partial charge is 0.119 e. The van der Waals surface area contributed by atoms with E-state index >= 15 is 0 Å². The Morgan fingerprint density at radius 3 is 2.29 bits per heavy atom. The Bertz CT molecular complexity index is 373. The fourth-order valence-electron chi connectivity index (χ4n) is 2.21. The second kappa shape index (κ2) is 9.80. The second-order valence-electron chi connectivity index (χ2n) is 6.32. The monoisotopic (exact) mass is 292 g/mol. The second-order valence-corrected chi connectivity index (χ2v) is 6.32. The minimum absolute atomic E-state index is 0.516. The van der Waals surface area contributed by atoms with E-state index in [0.717, 1.165) is 38.5 Å². The molecular weight excluding hydrogens is 260 g/mol. The Kier molecular flexibility index (Phi) is 8.40. The normalized spacial score (nSPS) is 11.6. The van der Waals surface area contributed by atoms with Crippen LogP contribution < -0.4 is 10.1 Å². The van der Waals surface area contributed by atoms with Crippen molar-refractivity contribution in [2.45, 2.75) is 47.2 Å². The highest BCUT2D eigenvalue weighted by Crippen LogP contribution is 2.12. The number of likely N-dealkylation sites (N-methyl/N-ethyl adjacent to an activating group) is 1. The van der Waals surface area contributed by atoms with Crippen molar-refractivity contribution in [3.8, 4) is 5.75 Å². The molecule has 0 aliphatic rings. The van der Waals surface area contributed by atoms with E-state index < -0.39 is 0 Å². The summed E-state index contributed by atoms with van der Waals surface area (Å²) in [6.07, 6.45) is 0. The molecule has 0 fully saturated rings. The molecule has 0 aliphatic carbocycles. The van der Waals surface area contributed by atoms with Crippen LogP contribution in [0.5, 0.6) is 5.75 Å². The van der Waals surface area contributed by atoms with Gasteiger partial charge in [0.1, 0.15) is 12.4 Å². The van der Waals surface area contributed by atoms with Gasteiger partial charge in [-0.2, -0.15) is 0 Å². The first-order valence-corrected chi connectivity index (χ1v) is 8.18. The molecular formula is C18H32N2O. The van der Waals surface area contributed by atoms with Crippen LogP contribution >= 0.6 is 0 Å². The van der Waals surface area contributed by atoms with E-state index in [2.05, 4.69) is 69.1 Å². The molecule has 0 spiro atoms. The highest BCUT2D eigenvalue weighted by molar-refractivity contribution is 5.27. The maximum absolute atomic E-state index is 5.84. The third kappa shape index (κ3) is 8.08. The van der Waals surface area contributed by atoms with Crippen LogP contribution in [0.15, 0.2) is 24.3 Å². The standard InChI is InChI=1S/C18H32N2O/c1-6-20(14-15(2)3)11-12-21-18-9-7-17(8-10-18)13-19-16(4)5/h7-10,15-16,19H,6,11-14H2,1-5H3. The zero-order chi connectivity index (χ0) is 15.7. The van der Waals surface area contributed by atoms with Crippen LogP contribution in [0.25, 0.3) is 0 Å². The summed E-state index contributed by atoms with van der Waals surface area (Å²) in [5.41, 5.74) is 1.30. The van der Waals surface area contributed by atoms with Gasteiger partial charge < -0.3 is 10.1 Å². The predicted octanol–water partition coefficient (Wildman–Crippen LogP) is 3.54. The largest absolute Gasteiger partial charge is 0.492 e. The zero-order valence-corrected chi connectivity index (χ0v) is 14.4. The molecule has 0 amide bonds. The van der Waals surface area contributed by atoms with Crippen LogP contribution in [0.2, 0.25) is 0 Å². The number of benzene rings is 1. The van der Waals surface area contributed by atoms with Crippen LogP contribution in [0.1, 0.15) is 40.2 Å². The number of nitrogens with zero attached hydrogens (tertiary/aromatic N) is 1. The van der Waals surface area contributed by atoms with E-state index in [1.165, 1.54) is 5.56 Å². The van der Waals surface area contributed by atoms with Gasteiger partial charge in [-0.25, -0.2) is 0 Å². The predicted molar refractivity (Wildman–Crippen MR) is 90.9 cm³/mol.